The highest BCUT2D eigenvalue weighted by molar-refractivity contribution is 6.30. The van der Waals surface area contributed by atoms with Crippen LogP contribution in [-0.2, 0) is 0 Å². The fourth-order valence-electron chi connectivity index (χ4n) is 4.15. The Kier molecular flexibility index (Phi) is 8.70. The van der Waals surface area contributed by atoms with Gasteiger partial charge in [-0.05, 0) is 88.3 Å². The van der Waals surface area contributed by atoms with Gasteiger partial charge in [-0.3, -0.25) is 4.79 Å². The van der Waals surface area contributed by atoms with Gasteiger partial charge in [0.05, 0.1) is 11.3 Å². The molecule has 0 fully saturated rings. The average Bonchev–Trinajstić information content (AvgIpc) is 3.14. The van der Waals surface area contributed by atoms with Gasteiger partial charge in [-0.1, -0.05) is 43.6 Å². The van der Waals surface area contributed by atoms with E-state index in [-0.39, 0.29) is 17.8 Å². The second-order valence-corrected chi connectivity index (χ2v) is 8.83. The van der Waals surface area contributed by atoms with Gasteiger partial charge in [0.15, 0.2) is 0 Å². The van der Waals surface area contributed by atoms with E-state index in [0.29, 0.717) is 16.3 Å². The van der Waals surface area contributed by atoms with Crippen molar-refractivity contribution in [3.05, 3.63) is 76.7 Å². The van der Waals surface area contributed by atoms with Crippen molar-refractivity contribution in [1.29, 1.82) is 0 Å². The zero-order chi connectivity index (χ0) is 24.0. The quantitative estimate of drug-likeness (QED) is 0.368. The Morgan fingerprint density at radius 3 is 2.45 bits per heavy atom. The van der Waals surface area contributed by atoms with Crippen LogP contribution in [0, 0.1) is 12.7 Å². The number of carbonyl (C=O) groups is 1. The second-order valence-electron chi connectivity index (χ2n) is 8.39. The molecule has 0 aliphatic carbocycles. The molecule has 33 heavy (non-hydrogen) atoms. The van der Waals surface area contributed by atoms with Crippen molar-refractivity contribution in [3.63, 3.8) is 0 Å². The van der Waals surface area contributed by atoms with Crippen LogP contribution >= 0.6 is 11.6 Å². The van der Waals surface area contributed by atoms with Crippen LogP contribution in [0.1, 0.15) is 49.7 Å². The lowest BCUT2D eigenvalue weighted by atomic mass is 10.1. The van der Waals surface area contributed by atoms with Crippen molar-refractivity contribution in [3.8, 4) is 16.9 Å². The molecule has 1 atom stereocenters. The first-order valence-corrected chi connectivity index (χ1v) is 12.0. The fourth-order valence-corrected chi connectivity index (χ4v) is 4.28. The summed E-state index contributed by atoms with van der Waals surface area (Å²) >= 11 is 6.08. The summed E-state index contributed by atoms with van der Waals surface area (Å²) in [6, 6.07) is 15.8. The molecule has 1 unspecified atom stereocenters. The van der Waals surface area contributed by atoms with Gasteiger partial charge in [0.1, 0.15) is 5.82 Å². The molecule has 0 spiro atoms. The predicted molar refractivity (Wildman–Crippen MR) is 135 cm³/mol. The van der Waals surface area contributed by atoms with E-state index in [1.54, 1.807) is 6.07 Å². The number of hydrogen-bond donors (Lipinski definition) is 1. The minimum absolute atomic E-state index is 0.0592. The number of amides is 1. The first-order chi connectivity index (χ1) is 15.8. The van der Waals surface area contributed by atoms with Crippen LogP contribution in [0.5, 0.6) is 0 Å². The van der Waals surface area contributed by atoms with E-state index in [9.17, 15) is 9.18 Å². The van der Waals surface area contributed by atoms with Crippen LogP contribution in [0.3, 0.4) is 0 Å². The summed E-state index contributed by atoms with van der Waals surface area (Å²) in [5, 5.41) is 3.78. The van der Waals surface area contributed by atoms with E-state index in [4.69, 9.17) is 11.6 Å². The summed E-state index contributed by atoms with van der Waals surface area (Å²) < 4.78 is 15.9. The number of nitrogens with one attached hydrogen (secondary N) is 1. The maximum absolute atomic E-state index is 14.0. The topological polar surface area (TPSA) is 37.3 Å². The SMILES string of the molecule is CCN(CC)CCCC(C)NC(=O)c1cc(-c2ccc(Cl)cc2)n(-c2cccc(F)c2)c1C. The molecule has 3 aromatic rings. The van der Waals surface area contributed by atoms with Gasteiger partial charge in [0.2, 0.25) is 0 Å². The van der Waals surface area contributed by atoms with Gasteiger partial charge >= 0.3 is 0 Å². The largest absolute Gasteiger partial charge is 0.350 e. The molecule has 0 aliphatic heterocycles. The standard InChI is InChI=1S/C27H33ClFN3O/c1-5-31(6-2)16-8-9-19(3)30-27(33)25-18-26(21-12-14-22(28)15-13-21)32(20(25)4)24-11-7-10-23(29)17-24/h7,10-15,17-19H,5-6,8-9,16H2,1-4H3,(H,30,33). The highest BCUT2D eigenvalue weighted by Crippen LogP contribution is 2.30. The van der Waals surface area contributed by atoms with Crippen molar-refractivity contribution in [1.82, 2.24) is 14.8 Å². The Labute approximate surface area is 201 Å². The van der Waals surface area contributed by atoms with Crippen LogP contribution in [-0.4, -0.2) is 41.1 Å². The number of carbonyl (C=O) groups excluding carboxylic acids is 1. The molecule has 176 valence electrons. The molecule has 0 radical (unpaired) electrons. The summed E-state index contributed by atoms with van der Waals surface area (Å²) in [6.07, 6.45) is 1.94. The summed E-state index contributed by atoms with van der Waals surface area (Å²) in [6.45, 7) is 11.4. The maximum Gasteiger partial charge on any atom is 0.253 e. The monoisotopic (exact) mass is 469 g/mol. The van der Waals surface area contributed by atoms with Crippen LogP contribution < -0.4 is 5.32 Å². The number of nitrogens with zero attached hydrogens (tertiary/aromatic N) is 2. The van der Waals surface area contributed by atoms with Gasteiger partial charge in [-0.2, -0.15) is 0 Å². The van der Waals surface area contributed by atoms with Crippen LogP contribution in [0.15, 0.2) is 54.6 Å². The van der Waals surface area contributed by atoms with E-state index in [1.165, 1.54) is 12.1 Å². The summed E-state index contributed by atoms with van der Waals surface area (Å²) in [4.78, 5) is 15.6. The molecular formula is C27H33ClFN3O. The van der Waals surface area contributed by atoms with Crippen molar-refractivity contribution >= 4 is 17.5 Å². The van der Waals surface area contributed by atoms with E-state index in [0.717, 1.165) is 49.4 Å². The molecule has 3 rings (SSSR count). The Balaban J connectivity index is 1.87. The van der Waals surface area contributed by atoms with E-state index >= 15 is 0 Å². The van der Waals surface area contributed by atoms with Crippen molar-refractivity contribution in [2.24, 2.45) is 0 Å². The maximum atomic E-state index is 14.0. The molecule has 0 aliphatic rings. The van der Waals surface area contributed by atoms with Crippen molar-refractivity contribution in [2.45, 2.75) is 46.6 Å². The summed E-state index contributed by atoms with van der Waals surface area (Å²) in [5.74, 6) is -0.441. The smallest absolute Gasteiger partial charge is 0.253 e. The fraction of sp³-hybridized carbons (Fsp3) is 0.370. The molecule has 0 bridgehead atoms. The molecular weight excluding hydrogens is 437 g/mol. The van der Waals surface area contributed by atoms with Crippen LogP contribution in [0.4, 0.5) is 4.39 Å². The highest BCUT2D eigenvalue weighted by atomic mass is 35.5. The Morgan fingerprint density at radius 1 is 1.12 bits per heavy atom. The third-order valence-corrected chi connectivity index (χ3v) is 6.33. The zero-order valence-corrected chi connectivity index (χ0v) is 20.6. The van der Waals surface area contributed by atoms with Crippen molar-refractivity contribution in [2.75, 3.05) is 19.6 Å². The molecule has 1 amide bonds. The van der Waals surface area contributed by atoms with E-state index in [1.807, 2.05) is 54.8 Å². The third-order valence-electron chi connectivity index (χ3n) is 6.08. The highest BCUT2D eigenvalue weighted by Gasteiger charge is 2.21. The minimum Gasteiger partial charge on any atom is -0.350 e. The first kappa shape index (κ1) is 25.0. The zero-order valence-electron chi connectivity index (χ0n) is 19.9. The molecule has 1 heterocycles. The number of aromatic nitrogens is 1. The normalized spacial score (nSPS) is 12.2. The Hall–Kier alpha value is -2.63. The van der Waals surface area contributed by atoms with Gasteiger partial charge in [-0.25, -0.2) is 4.39 Å². The van der Waals surface area contributed by atoms with E-state index in [2.05, 4.69) is 24.1 Å². The number of benzene rings is 2. The third kappa shape index (κ3) is 6.24. The molecule has 0 saturated carbocycles. The molecule has 0 saturated heterocycles. The van der Waals surface area contributed by atoms with Gasteiger partial charge in [0, 0.05) is 22.4 Å². The number of halogens is 2. The lowest BCUT2D eigenvalue weighted by Gasteiger charge is -2.19. The lowest BCUT2D eigenvalue weighted by molar-refractivity contribution is 0.0936. The Bertz CT molecular complexity index is 1070. The first-order valence-electron chi connectivity index (χ1n) is 11.6. The average molecular weight is 470 g/mol. The van der Waals surface area contributed by atoms with Gasteiger partial charge in [-0.15, -0.1) is 0 Å². The summed E-state index contributed by atoms with van der Waals surface area (Å²) in [7, 11) is 0. The lowest BCUT2D eigenvalue weighted by Crippen LogP contribution is -2.34. The molecule has 2 aromatic carbocycles. The van der Waals surface area contributed by atoms with Crippen molar-refractivity contribution < 1.29 is 9.18 Å². The molecule has 1 aromatic heterocycles. The minimum atomic E-state index is -0.324. The molecule has 1 N–H and O–H groups in total. The van der Waals surface area contributed by atoms with E-state index < -0.39 is 0 Å². The van der Waals surface area contributed by atoms with Gasteiger partial charge < -0.3 is 14.8 Å². The van der Waals surface area contributed by atoms with Crippen LogP contribution in [0.2, 0.25) is 5.02 Å². The second kappa shape index (κ2) is 11.5. The van der Waals surface area contributed by atoms with Crippen LogP contribution in [0.25, 0.3) is 16.9 Å². The predicted octanol–water partition coefficient (Wildman–Crippen LogP) is 6.49. The Morgan fingerprint density at radius 2 is 1.82 bits per heavy atom. The number of hydrogen-bond acceptors (Lipinski definition) is 2. The molecule has 4 nitrogen and oxygen atoms in total. The number of rotatable bonds is 10. The molecule has 6 heteroatoms. The summed E-state index contributed by atoms with van der Waals surface area (Å²) in [5.41, 5.74) is 3.73. The van der Waals surface area contributed by atoms with Gasteiger partial charge in [0.25, 0.3) is 5.91 Å².